The molecule has 1 aliphatic heterocycles. The van der Waals surface area contributed by atoms with E-state index in [2.05, 4.69) is 14.8 Å². The Morgan fingerprint density at radius 3 is 2.56 bits per heavy atom. The minimum atomic E-state index is -4.69. The molecule has 1 saturated carbocycles. The maximum absolute atomic E-state index is 13.4. The van der Waals surface area contributed by atoms with Crippen LogP contribution in [0.4, 0.5) is 18.9 Å². The maximum Gasteiger partial charge on any atom is 0.408 e. The van der Waals surface area contributed by atoms with E-state index in [0.29, 0.717) is 10.6 Å². The Labute approximate surface area is 220 Å². The number of hydrogen-bond donors (Lipinski definition) is 3. The molecule has 39 heavy (non-hydrogen) atoms. The number of benzene rings is 1. The van der Waals surface area contributed by atoms with Crippen molar-refractivity contribution < 1.29 is 36.3 Å². The van der Waals surface area contributed by atoms with E-state index in [1.807, 2.05) is 0 Å². The second-order valence-corrected chi connectivity index (χ2v) is 11.7. The van der Waals surface area contributed by atoms with Crippen LogP contribution >= 0.6 is 0 Å². The van der Waals surface area contributed by atoms with E-state index >= 15 is 0 Å². The van der Waals surface area contributed by atoms with Gasteiger partial charge in [-0.3, -0.25) is 14.3 Å². The number of halogens is 3. The molecule has 1 fully saturated rings. The fraction of sp³-hybridized carbons (Fsp3) is 0.417. The molecule has 0 unspecified atom stereocenters. The molecule has 1 aliphatic carbocycles. The number of nitrogens with one attached hydrogen (secondary N) is 1. The van der Waals surface area contributed by atoms with E-state index in [-0.39, 0.29) is 51.8 Å². The van der Waals surface area contributed by atoms with Crippen molar-refractivity contribution in [1.82, 2.24) is 19.5 Å². The predicted octanol–water partition coefficient (Wildman–Crippen LogP) is 2.26. The highest BCUT2D eigenvalue weighted by atomic mass is 32.2. The zero-order chi connectivity index (χ0) is 28.4. The van der Waals surface area contributed by atoms with Gasteiger partial charge in [-0.25, -0.2) is 17.9 Å². The second-order valence-electron chi connectivity index (χ2n) is 9.91. The summed E-state index contributed by atoms with van der Waals surface area (Å²) < 4.78 is 68.0. The number of carbonyl (C=O) groups excluding carboxylic acids is 2. The van der Waals surface area contributed by atoms with E-state index in [4.69, 9.17) is 5.73 Å². The van der Waals surface area contributed by atoms with Gasteiger partial charge in [0.2, 0.25) is 10.0 Å². The number of aromatic nitrogens is 3. The fourth-order valence-corrected chi connectivity index (χ4v) is 5.52. The van der Waals surface area contributed by atoms with Gasteiger partial charge in [0, 0.05) is 24.2 Å². The van der Waals surface area contributed by atoms with Gasteiger partial charge in [0.1, 0.15) is 11.6 Å². The zero-order valence-electron chi connectivity index (χ0n) is 20.9. The van der Waals surface area contributed by atoms with Crippen LogP contribution in [0.1, 0.15) is 57.7 Å². The number of anilines is 1. The summed E-state index contributed by atoms with van der Waals surface area (Å²) >= 11 is 0. The average Bonchev–Trinajstić information content (AvgIpc) is 3.50. The maximum atomic E-state index is 13.4. The van der Waals surface area contributed by atoms with Crippen molar-refractivity contribution in [2.24, 2.45) is 11.7 Å². The third kappa shape index (κ3) is 4.91. The van der Waals surface area contributed by atoms with Crippen LogP contribution < -0.4 is 10.5 Å². The van der Waals surface area contributed by atoms with Crippen LogP contribution in [-0.2, 0) is 16.6 Å². The van der Waals surface area contributed by atoms with Crippen LogP contribution in [0.2, 0.25) is 0 Å². The summed E-state index contributed by atoms with van der Waals surface area (Å²) in [5.74, 6) is -1.98. The van der Waals surface area contributed by atoms with Crippen molar-refractivity contribution in [1.29, 1.82) is 0 Å². The molecule has 2 atom stereocenters. The number of rotatable bonds is 8. The highest BCUT2D eigenvalue weighted by Gasteiger charge is 2.46. The van der Waals surface area contributed by atoms with Crippen LogP contribution in [0.5, 0.6) is 0 Å². The first kappa shape index (κ1) is 26.9. The number of aliphatic hydroxyl groups is 1. The number of carbonyl (C=O) groups is 2. The topological polar surface area (TPSA) is 160 Å². The average molecular weight is 567 g/mol. The smallest absolute Gasteiger partial charge is 0.396 e. The first-order chi connectivity index (χ1) is 18.2. The summed E-state index contributed by atoms with van der Waals surface area (Å²) in [5.41, 5.74) is 6.47. The zero-order valence-corrected chi connectivity index (χ0v) is 21.7. The molecule has 11 nitrogen and oxygen atoms in total. The van der Waals surface area contributed by atoms with Crippen molar-refractivity contribution in [2.45, 2.75) is 44.4 Å². The number of aliphatic hydroxyl groups excluding tert-OH is 1. The quantitative estimate of drug-likeness (QED) is 0.377. The molecule has 2 aromatic heterocycles. The summed E-state index contributed by atoms with van der Waals surface area (Å²) in [7, 11) is -3.91. The van der Waals surface area contributed by atoms with Gasteiger partial charge in [0.05, 0.1) is 35.5 Å². The Morgan fingerprint density at radius 2 is 2.00 bits per heavy atom. The van der Waals surface area contributed by atoms with Gasteiger partial charge in [-0.15, -0.1) is 0 Å². The van der Waals surface area contributed by atoms with Gasteiger partial charge in [0.25, 0.3) is 11.8 Å². The first-order valence-corrected chi connectivity index (χ1v) is 13.9. The molecule has 0 radical (unpaired) electrons. The minimum Gasteiger partial charge on any atom is -0.396 e. The van der Waals surface area contributed by atoms with Crippen molar-refractivity contribution in [2.75, 3.05) is 17.6 Å². The van der Waals surface area contributed by atoms with Gasteiger partial charge in [0.15, 0.2) is 5.65 Å². The van der Waals surface area contributed by atoms with Crippen LogP contribution in [0.15, 0.2) is 24.4 Å². The molecule has 0 spiro atoms. The lowest BCUT2D eigenvalue weighted by Gasteiger charge is -2.26. The van der Waals surface area contributed by atoms with Crippen molar-refractivity contribution in [3.05, 3.63) is 46.8 Å². The lowest BCUT2D eigenvalue weighted by molar-refractivity contribution is -0.172. The third-order valence-electron chi connectivity index (χ3n) is 7.07. The number of nitrogens with zero attached hydrogens (tertiary/aromatic N) is 4. The molecule has 3 aromatic rings. The second kappa shape index (κ2) is 9.19. The van der Waals surface area contributed by atoms with Crippen LogP contribution in [-0.4, -0.2) is 69.9 Å². The molecule has 2 aliphatic rings. The SMILES string of the molecule is C[C@H](N1Cc2cc(-c3ccn4nc([C@H](CO)C5CC5)c(C(N)=O)c4n3)cc(NS(C)(=O)=O)c2C1=O)C(F)(F)F. The molecule has 4 N–H and O–H groups in total. The Balaban J connectivity index is 1.64. The molecular weight excluding hydrogens is 541 g/mol. The van der Waals surface area contributed by atoms with Crippen molar-refractivity contribution >= 4 is 33.2 Å². The molecule has 2 amide bonds. The van der Waals surface area contributed by atoms with E-state index in [9.17, 15) is 36.3 Å². The Bertz CT molecular complexity index is 1620. The van der Waals surface area contributed by atoms with Crippen LogP contribution in [0.3, 0.4) is 0 Å². The van der Waals surface area contributed by atoms with Crippen LogP contribution in [0.25, 0.3) is 16.9 Å². The summed E-state index contributed by atoms with van der Waals surface area (Å²) in [4.78, 5) is 30.6. The van der Waals surface area contributed by atoms with Crippen molar-refractivity contribution in [3.8, 4) is 11.3 Å². The molecular formula is C24H25F3N6O5S. The Kier molecular flexibility index (Phi) is 6.33. The van der Waals surface area contributed by atoms with E-state index in [1.165, 1.54) is 28.9 Å². The predicted molar refractivity (Wildman–Crippen MR) is 133 cm³/mol. The summed E-state index contributed by atoms with van der Waals surface area (Å²) in [6.07, 6.45) is -0.561. The number of hydrogen-bond acceptors (Lipinski definition) is 7. The van der Waals surface area contributed by atoms with Gasteiger partial charge in [-0.1, -0.05) is 0 Å². The fourth-order valence-electron chi connectivity index (χ4n) is 4.96. The molecule has 0 bridgehead atoms. The van der Waals surface area contributed by atoms with Gasteiger partial charge in [-0.2, -0.15) is 18.3 Å². The number of fused-ring (bicyclic) bond motifs is 2. The highest BCUT2D eigenvalue weighted by molar-refractivity contribution is 7.92. The molecule has 5 rings (SSSR count). The Morgan fingerprint density at radius 1 is 1.31 bits per heavy atom. The number of amides is 2. The van der Waals surface area contributed by atoms with E-state index in [0.717, 1.165) is 26.0 Å². The standard InChI is InChI=1S/C24H25F3N6O5S/c1-11(24(25,26)27)32-9-14-7-13(8-17(18(14)23(32)36)31-39(2,37)38)16-5-6-33-22(29-16)19(21(28)35)20(30-33)15(10-34)12-3-4-12/h5-8,11-12,15,31,34H,3-4,9-10H2,1-2H3,(H2,28,35)/t11-,15+/m0/s1. The molecule has 0 saturated heterocycles. The molecule has 3 heterocycles. The van der Waals surface area contributed by atoms with Gasteiger partial charge >= 0.3 is 6.18 Å². The number of sulfonamides is 1. The van der Waals surface area contributed by atoms with E-state index < -0.39 is 46.5 Å². The molecule has 1 aromatic carbocycles. The molecule has 15 heteroatoms. The van der Waals surface area contributed by atoms with Gasteiger partial charge < -0.3 is 15.7 Å². The Hall–Kier alpha value is -3.72. The van der Waals surface area contributed by atoms with E-state index in [1.54, 1.807) is 0 Å². The normalized spacial score (nSPS) is 17.4. The lowest BCUT2D eigenvalue weighted by atomic mass is 9.97. The minimum absolute atomic E-state index is 0.0406. The first-order valence-electron chi connectivity index (χ1n) is 12.0. The summed E-state index contributed by atoms with van der Waals surface area (Å²) in [6.45, 7) is 0.230. The van der Waals surface area contributed by atoms with Crippen LogP contribution in [0, 0.1) is 5.92 Å². The number of alkyl halides is 3. The largest absolute Gasteiger partial charge is 0.408 e. The highest BCUT2D eigenvalue weighted by Crippen LogP contribution is 2.43. The molecule has 208 valence electrons. The third-order valence-corrected chi connectivity index (χ3v) is 7.66. The monoisotopic (exact) mass is 566 g/mol. The number of primary amides is 1. The summed E-state index contributed by atoms with van der Waals surface area (Å²) in [5, 5.41) is 14.4. The summed E-state index contributed by atoms with van der Waals surface area (Å²) in [6, 6.07) is 2.19. The number of nitrogens with two attached hydrogens (primary N) is 1. The van der Waals surface area contributed by atoms with Gasteiger partial charge in [-0.05, 0) is 49.4 Å². The van der Waals surface area contributed by atoms with Crippen molar-refractivity contribution in [3.63, 3.8) is 0 Å². The lowest BCUT2D eigenvalue weighted by Crippen LogP contribution is -2.43.